The number of halogens is 1. The third-order valence-electron chi connectivity index (χ3n) is 4.30. The summed E-state index contributed by atoms with van der Waals surface area (Å²) in [6.45, 7) is 0.260. The van der Waals surface area contributed by atoms with E-state index in [1.165, 1.54) is 0 Å². The Kier molecular flexibility index (Phi) is 5.63. The molecule has 0 fully saturated rings. The fourth-order valence-corrected chi connectivity index (χ4v) is 3.06. The SMILES string of the molecule is O=C(NNC(=O)c1ccccc1Cl)c1cccc(OCc2cn3ccccc3n2)c1. The quantitative estimate of drug-likeness (QED) is 0.483. The molecule has 0 saturated carbocycles. The van der Waals surface area contributed by atoms with Crippen molar-refractivity contribution in [2.45, 2.75) is 6.61 Å². The highest BCUT2D eigenvalue weighted by molar-refractivity contribution is 6.33. The van der Waals surface area contributed by atoms with E-state index in [4.69, 9.17) is 16.3 Å². The van der Waals surface area contributed by atoms with Gasteiger partial charge >= 0.3 is 0 Å². The normalized spacial score (nSPS) is 10.6. The van der Waals surface area contributed by atoms with E-state index < -0.39 is 11.8 Å². The summed E-state index contributed by atoms with van der Waals surface area (Å²) in [5.41, 5.74) is 6.93. The lowest BCUT2D eigenvalue weighted by Crippen LogP contribution is -2.41. The van der Waals surface area contributed by atoms with Crippen molar-refractivity contribution >= 4 is 29.1 Å². The largest absolute Gasteiger partial charge is 0.487 e. The Hall–Kier alpha value is -3.84. The first-order chi connectivity index (χ1) is 14.6. The molecule has 7 nitrogen and oxygen atoms in total. The van der Waals surface area contributed by atoms with E-state index in [0.29, 0.717) is 16.3 Å². The van der Waals surface area contributed by atoms with Gasteiger partial charge < -0.3 is 9.14 Å². The molecular formula is C22H17ClN4O3. The second-order valence-corrected chi connectivity index (χ2v) is 6.81. The van der Waals surface area contributed by atoms with Crippen molar-refractivity contribution in [3.63, 3.8) is 0 Å². The number of rotatable bonds is 5. The van der Waals surface area contributed by atoms with Crippen LogP contribution in [0.15, 0.2) is 79.1 Å². The van der Waals surface area contributed by atoms with Crippen molar-refractivity contribution in [3.05, 3.63) is 101 Å². The van der Waals surface area contributed by atoms with Crippen LogP contribution in [0.5, 0.6) is 5.75 Å². The average Bonchev–Trinajstić information content (AvgIpc) is 3.19. The molecule has 2 aromatic carbocycles. The van der Waals surface area contributed by atoms with Crippen molar-refractivity contribution in [3.8, 4) is 5.75 Å². The molecule has 2 amide bonds. The van der Waals surface area contributed by atoms with Gasteiger partial charge in [-0.25, -0.2) is 4.98 Å². The molecule has 2 heterocycles. The van der Waals surface area contributed by atoms with Gasteiger partial charge in [0.1, 0.15) is 18.0 Å². The fraction of sp³-hybridized carbons (Fsp3) is 0.0455. The minimum atomic E-state index is -0.506. The fourth-order valence-electron chi connectivity index (χ4n) is 2.84. The number of hydrogen-bond donors (Lipinski definition) is 2. The summed E-state index contributed by atoms with van der Waals surface area (Å²) in [6.07, 6.45) is 3.80. The van der Waals surface area contributed by atoms with Gasteiger partial charge in [-0.3, -0.25) is 20.4 Å². The van der Waals surface area contributed by atoms with Gasteiger partial charge in [-0.05, 0) is 42.5 Å². The van der Waals surface area contributed by atoms with Gasteiger partial charge in [-0.15, -0.1) is 0 Å². The molecule has 0 aliphatic rings. The summed E-state index contributed by atoms with van der Waals surface area (Å²) in [7, 11) is 0. The molecule has 0 radical (unpaired) electrons. The van der Waals surface area contributed by atoms with E-state index in [1.54, 1.807) is 48.5 Å². The second kappa shape index (κ2) is 8.67. The molecule has 4 aromatic rings. The van der Waals surface area contributed by atoms with Crippen LogP contribution >= 0.6 is 11.6 Å². The number of ether oxygens (including phenoxy) is 1. The summed E-state index contributed by atoms with van der Waals surface area (Å²) in [5.74, 6) is -0.473. The molecule has 30 heavy (non-hydrogen) atoms. The number of fused-ring (bicyclic) bond motifs is 1. The highest BCUT2D eigenvalue weighted by Crippen LogP contribution is 2.16. The molecule has 2 aromatic heterocycles. The number of amides is 2. The van der Waals surface area contributed by atoms with Gasteiger partial charge in [0.25, 0.3) is 11.8 Å². The molecule has 2 N–H and O–H groups in total. The van der Waals surface area contributed by atoms with Crippen LogP contribution in [0.2, 0.25) is 5.02 Å². The molecule has 0 unspecified atom stereocenters. The predicted octanol–water partition coefficient (Wildman–Crippen LogP) is 3.64. The summed E-state index contributed by atoms with van der Waals surface area (Å²) in [4.78, 5) is 29.0. The Bertz CT molecular complexity index is 1190. The number of aromatic nitrogens is 2. The third kappa shape index (κ3) is 4.42. The smallest absolute Gasteiger partial charge is 0.271 e. The molecule has 4 rings (SSSR count). The number of benzene rings is 2. The topological polar surface area (TPSA) is 84.7 Å². The number of pyridine rings is 1. The molecule has 0 bridgehead atoms. The van der Waals surface area contributed by atoms with Gasteiger partial charge in [0, 0.05) is 18.0 Å². The first kappa shape index (κ1) is 19.5. The van der Waals surface area contributed by atoms with Crippen LogP contribution in [0.3, 0.4) is 0 Å². The number of carbonyl (C=O) groups excluding carboxylic acids is 2. The van der Waals surface area contributed by atoms with Crippen LogP contribution in [-0.4, -0.2) is 21.2 Å². The molecule has 0 aliphatic carbocycles. The van der Waals surface area contributed by atoms with Gasteiger partial charge in [0.2, 0.25) is 0 Å². The monoisotopic (exact) mass is 420 g/mol. The Morgan fingerprint density at radius 1 is 0.967 bits per heavy atom. The maximum absolute atomic E-state index is 12.4. The van der Waals surface area contributed by atoms with E-state index in [1.807, 2.05) is 35.0 Å². The molecule has 0 aliphatic heterocycles. The molecule has 0 spiro atoms. The minimum Gasteiger partial charge on any atom is -0.487 e. The second-order valence-electron chi connectivity index (χ2n) is 6.40. The summed E-state index contributed by atoms with van der Waals surface area (Å²) in [6, 6.07) is 19.0. The Balaban J connectivity index is 1.37. The first-order valence-corrected chi connectivity index (χ1v) is 9.48. The molecule has 8 heteroatoms. The van der Waals surface area contributed by atoms with Crippen molar-refractivity contribution in [1.29, 1.82) is 0 Å². The lowest BCUT2D eigenvalue weighted by Gasteiger charge is -2.10. The van der Waals surface area contributed by atoms with Crippen LogP contribution in [0, 0.1) is 0 Å². The van der Waals surface area contributed by atoms with E-state index in [9.17, 15) is 9.59 Å². The van der Waals surface area contributed by atoms with E-state index in [0.717, 1.165) is 11.3 Å². The van der Waals surface area contributed by atoms with Crippen molar-refractivity contribution in [2.75, 3.05) is 0 Å². The van der Waals surface area contributed by atoms with E-state index in [2.05, 4.69) is 15.8 Å². The number of hydrazine groups is 1. The van der Waals surface area contributed by atoms with Crippen LogP contribution in [0.1, 0.15) is 26.4 Å². The van der Waals surface area contributed by atoms with E-state index in [-0.39, 0.29) is 12.2 Å². The van der Waals surface area contributed by atoms with Crippen LogP contribution in [0.4, 0.5) is 0 Å². The van der Waals surface area contributed by atoms with Crippen molar-refractivity contribution in [1.82, 2.24) is 20.2 Å². The van der Waals surface area contributed by atoms with Crippen molar-refractivity contribution in [2.24, 2.45) is 0 Å². The van der Waals surface area contributed by atoms with Gasteiger partial charge in [-0.1, -0.05) is 35.9 Å². The number of nitrogens with zero attached hydrogens (tertiary/aromatic N) is 2. The Labute approximate surface area is 177 Å². The van der Waals surface area contributed by atoms with Gasteiger partial charge in [0.15, 0.2) is 0 Å². The zero-order valence-electron chi connectivity index (χ0n) is 15.7. The lowest BCUT2D eigenvalue weighted by molar-refractivity contribution is 0.0846. The van der Waals surface area contributed by atoms with Gasteiger partial charge in [0.05, 0.1) is 16.3 Å². The van der Waals surface area contributed by atoms with Crippen LogP contribution in [0.25, 0.3) is 5.65 Å². The lowest BCUT2D eigenvalue weighted by atomic mass is 10.2. The molecule has 0 atom stereocenters. The first-order valence-electron chi connectivity index (χ1n) is 9.11. The molecule has 0 saturated heterocycles. The molecular weight excluding hydrogens is 404 g/mol. The summed E-state index contributed by atoms with van der Waals surface area (Å²) in [5, 5.41) is 0.298. The third-order valence-corrected chi connectivity index (χ3v) is 4.63. The maximum Gasteiger partial charge on any atom is 0.271 e. The zero-order valence-corrected chi connectivity index (χ0v) is 16.5. The predicted molar refractivity (Wildman–Crippen MR) is 112 cm³/mol. The number of carbonyl (C=O) groups is 2. The highest BCUT2D eigenvalue weighted by Gasteiger charge is 2.12. The zero-order chi connectivity index (χ0) is 20.9. The number of nitrogens with one attached hydrogen (secondary N) is 2. The van der Waals surface area contributed by atoms with Crippen LogP contribution in [-0.2, 0) is 6.61 Å². The molecule has 150 valence electrons. The summed E-state index contributed by atoms with van der Waals surface area (Å²) >= 11 is 5.99. The number of imidazole rings is 1. The maximum atomic E-state index is 12.4. The summed E-state index contributed by atoms with van der Waals surface area (Å²) < 4.78 is 7.67. The minimum absolute atomic E-state index is 0.260. The standard InChI is InChI=1S/C22H17ClN4O3/c23-19-9-2-1-8-18(19)22(29)26-25-21(28)15-6-5-7-17(12-15)30-14-16-13-27-11-4-3-10-20(27)24-16/h1-13H,14H2,(H,25,28)(H,26,29). The highest BCUT2D eigenvalue weighted by atomic mass is 35.5. The number of hydrogen-bond acceptors (Lipinski definition) is 4. The Morgan fingerprint density at radius 2 is 1.77 bits per heavy atom. The van der Waals surface area contributed by atoms with Gasteiger partial charge in [-0.2, -0.15) is 0 Å². The Morgan fingerprint density at radius 3 is 2.60 bits per heavy atom. The van der Waals surface area contributed by atoms with E-state index >= 15 is 0 Å². The van der Waals surface area contributed by atoms with Crippen LogP contribution < -0.4 is 15.6 Å². The average molecular weight is 421 g/mol. The van der Waals surface area contributed by atoms with Crippen molar-refractivity contribution < 1.29 is 14.3 Å².